The maximum Gasteiger partial charge on any atom is 0.192 e. The molecule has 1 rings (SSSR count). The molecule has 0 radical (unpaired) electrons. The zero-order valence-electron chi connectivity index (χ0n) is 16.7. The molecule has 0 amide bonds. The number of rotatable bonds is 9. The number of carbonyl (C=O) groups is 1. The molecule has 3 heteroatoms. The smallest absolute Gasteiger partial charge is 0.192 e. The quantitative estimate of drug-likeness (QED) is 0.385. The van der Waals surface area contributed by atoms with Crippen LogP contribution in [-0.2, 0) is 4.43 Å². The highest BCUT2D eigenvalue weighted by Gasteiger charge is 2.42. The van der Waals surface area contributed by atoms with Crippen molar-refractivity contribution in [2.24, 2.45) is 11.3 Å². The van der Waals surface area contributed by atoms with E-state index in [1.165, 1.54) is 0 Å². The first kappa shape index (κ1) is 21.1. The Morgan fingerprint density at radius 2 is 1.50 bits per heavy atom. The molecule has 2 nitrogen and oxygen atoms in total. The summed E-state index contributed by atoms with van der Waals surface area (Å²) in [5.41, 5.74) is 0.752. The number of hydrogen-bond donors (Lipinski definition) is 0. The monoisotopic (exact) mass is 348 g/mol. The SMILES string of the molecule is CC[C@H](C(=O)c1ccccc1)[C@H](O[Si](CC)(CC)CC)C(C)(C)C. The van der Waals surface area contributed by atoms with Crippen LogP contribution in [0.15, 0.2) is 30.3 Å². The van der Waals surface area contributed by atoms with Crippen LogP contribution in [-0.4, -0.2) is 20.2 Å². The molecule has 0 heterocycles. The summed E-state index contributed by atoms with van der Waals surface area (Å²) in [5.74, 6) is 0.146. The van der Waals surface area contributed by atoms with Gasteiger partial charge in [-0.15, -0.1) is 0 Å². The van der Waals surface area contributed by atoms with Crippen molar-refractivity contribution in [1.29, 1.82) is 0 Å². The van der Waals surface area contributed by atoms with Crippen molar-refractivity contribution >= 4 is 14.1 Å². The van der Waals surface area contributed by atoms with Gasteiger partial charge in [0, 0.05) is 11.5 Å². The minimum atomic E-state index is -1.77. The third kappa shape index (κ3) is 5.03. The fourth-order valence-corrected chi connectivity index (χ4v) is 6.54. The molecule has 0 spiro atoms. The fraction of sp³-hybridized carbons (Fsp3) is 0.667. The summed E-state index contributed by atoms with van der Waals surface area (Å²) < 4.78 is 6.86. The van der Waals surface area contributed by atoms with Crippen LogP contribution < -0.4 is 0 Å². The Labute approximate surface area is 150 Å². The van der Waals surface area contributed by atoms with Gasteiger partial charge in [0.15, 0.2) is 14.1 Å². The Bertz CT molecular complexity index is 492. The van der Waals surface area contributed by atoms with E-state index >= 15 is 0 Å². The topological polar surface area (TPSA) is 26.3 Å². The molecule has 0 aliphatic rings. The summed E-state index contributed by atoms with van der Waals surface area (Å²) in [5, 5.41) is 0. The highest BCUT2D eigenvalue weighted by Crippen LogP contribution is 2.37. The third-order valence-electron chi connectivity index (χ3n) is 5.36. The molecule has 0 aliphatic carbocycles. The summed E-state index contributed by atoms with van der Waals surface area (Å²) in [6, 6.07) is 13.0. The average molecular weight is 349 g/mol. The molecule has 1 aromatic carbocycles. The summed E-state index contributed by atoms with van der Waals surface area (Å²) in [6.07, 6.45) is 0.791. The summed E-state index contributed by atoms with van der Waals surface area (Å²) in [7, 11) is -1.77. The van der Waals surface area contributed by atoms with E-state index in [0.29, 0.717) is 0 Å². The molecule has 136 valence electrons. The summed E-state index contributed by atoms with van der Waals surface area (Å²) in [6.45, 7) is 15.5. The van der Waals surface area contributed by atoms with Crippen molar-refractivity contribution in [2.45, 2.75) is 79.1 Å². The number of carbonyl (C=O) groups excluding carboxylic acids is 1. The van der Waals surface area contributed by atoms with E-state index in [1.54, 1.807) is 0 Å². The minimum Gasteiger partial charge on any atom is -0.413 e. The second-order valence-corrected chi connectivity index (χ2v) is 12.6. The van der Waals surface area contributed by atoms with Crippen LogP contribution in [0.4, 0.5) is 0 Å². The van der Waals surface area contributed by atoms with Crippen molar-refractivity contribution < 1.29 is 9.22 Å². The Hall–Kier alpha value is -0.933. The molecule has 0 fully saturated rings. The molecule has 0 bridgehead atoms. The van der Waals surface area contributed by atoms with Gasteiger partial charge < -0.3 is 4.43 Å². The van der Waals surface area contributed by atoms with Crippen LogP contribution >= 0.6 is 0 Å². The first-order valence-electron chi connectivity index (χ1n) is 9.51. The number of benzene rings is 1. The zero-order chi connectivity index (χ0) is 18.4. The normalized spacial score (nSPS) is 15.1. The molecule has 0 aromatic heterocycles. The molecule has 0 saturated heterocycles. The van der Waals surface area contributed by atoms with Crippen LogP contribution in [0.3, 0.4) is 0 Å². The van der Waals surface area contributed by atoms with Crippen LogP contribution in [0.5, 0.6) is 0 Å². The highest BCUT2D eigenvalue weighted by molar-refractivity contribution is 6.73. The van der Waals surface area contributed by atoms with Gasteiger partial charge in [-0.05, 0) is 30.0 Å². The highest BCUT2D eigenvalue weighted by atomic mass is 28.4. The predicted octanol–water partition coefficient (Wildman–Crippen LogP) is 6.33. The number of hydrogen-bond acceptors (Lipinski definition) is 2. The largest absolute Gasteiger partial charge is 0.413 e. The molecule has 1 aromatic rings. The fourth-order valence-electron chi connectivity index (χ4n) is 3.49. The predicted molar refractivity (Wildman–Crippen MR) is 106 cm³/mol. The van der Waals surface area contributed by atoms with E-state index in [1.807, 2.05) is 30.3 Å². The maximum absolute atomic E-state index is 13.2. The number of ketones is 1. The minimum absolute atomic E-state index is 0.0262. The number of Topliss-reactive ketones (excluding diaryl/α,β-unsaturated/α-hetero) is 1. The van der Waals surface area contributed by atoms with Crippen molar-refractivity contribution in [3.63, 3.8) is 0 Å². The van der Waals surface area contributed by atoms with Crippen molar-refractivity contribution in [3.05, 3.63) is 35.9 Å². The first-order chi connectivity index (χ1) is 11.2. The maximum atomic E-state index is 13.2. The van der Waals surface area contributed by atoms with Crippen LogP contribution in [0.1, 0.15) is 65.2 Å². The van der Waals surface area contributed by atoms with Gasteiger partial charge in [-0.25, -0.2) is 0 Å². The van der Waals surface area contributed by atoms with E-state index in [2.05, 4.69) is 48.5 Å². The zero-order valence-corrected chi connectivity index (χ0v) is 17.7. The molecular weight excluding hydrogens is 312 g/mol. The average Bonchev–Trinajstić information content (AvgIpc) is 2.58. The van der Waals surface area contributed by atoms with Gasteiger partial charge in [0.05, 0.1) is 6.10 Å². The van der Waals surface area contributed by atoms with E-state index in [0.717, 1.165) is 30.1 Å². The van der Waals surface area contributed by atoms with Crippen LogP contribution in [0.2, 0.25) is 18.1 Å². The van der Waals surface area contributed by atoms with E-state index < -0.39 is 8.32 Å². The van der Waals surface area contributed by atoms with Gasteiger partial charge in [0.2, 0.25) is 0 Å². The van der Waals surface area contributed by atoms with Gasteiger partial charge in [0.1, 0.15) is 0 Å². The van der Waals surface area contributed by atoms with Gasteiger partial charge in [-0.1, -0.05) is 78.8 Å². The van der Waals surface area contributed by atoms with E-state index in [9.17, 15) is 4.79 Å². The Kier molecular flexibility index (Phi) is 7.88. The molecule has 0 aliphatic heterocycles. The second kappa shape index (κ2) is 8.96. The lowest BCUT2D eigenvalue weighted by atomic mass is 9.77. The van der Waals surface area contributed by atoms with Crippen molar-refractivity contribution in [3.8, 4) is 0 Å². The van der Waals surface area contributed by atoms with Crippen molar-refractivity contribution in [1.82, 2.24) is 0 Å². The Morgan fingerprint density at radius 1 is 1.00 bits per heavy atom. The molecule has 0 unspecified atom stereocenters. The van der Waals surface area contributed by atoms with Gasteiger partial charge in [-0.3, -0.25) is 4.79 Å². The van der Waals surface area contributed by atoms with Crippen molar-refractivity contribution in [2.75, 3.05) is 0 Å². The molecule has 2 atom stereocenters. The molecular formula is C21H36O2Si. The molecule has 0 saturated carbocycles. The lowest BCUT2D eigenvalue weighted by Gasteiger charge is -2.43. The third-order valence-corrected chi connectivity index (χ3v) is 9.98. The van der Waals surface area contributed by atoms with Crippen LogP contribution in [0.25, 0.3) is 0 Å². The van der Waals surface area contributed by atoms with E-state index in [4.69, 9.17) is 4.43 Å². The Balaban J connectivity index is 3.20. The van der Waals surface area contributed by atoms with Gasteiger partial charge in [-0.2, -0.15) is 0 Å². The molecule has 0 N–H and O–H groups in total. The first-order valence-corrected chi connectivity index (χ1v) is 12.0. The lowest BCUT2D eigenvalue weighted by Crippen LogP contribution is -2.49. The van der Waals surface area contributed by atoms with Gasteiger partial charge >= 0.3 is 0 Å². The van der Waals surface area contributed by atoms with E-state index in [-0.39, 0.29) is 23.2 Å². The second-order valence-electron chi connectivity index (χ2n) is 7.89. The summed E-state index contributed by atoms with van der Waals surface area (Å²) >= 11 is 0. The summed E-state index contributed by atoms with van der Waals surface area (Å²) in [4.78, 5) is 13.2. The van der Waals surface area contributed by atoms with Gasteiger partial charge in [0.25, 0.3) is 0 Å². The van der Waals surface area contributed by atoms with Crippen LogP contribution in [0, 0.1) is 11.3 Å². The Morgan fingerprint density at radius 3 is 1.88 bits per heavy atom. The lowest BCUT2D eigenvalue weighted by molar-refractivity contribution is 0.0228. The standard InChI is InChI=1S/C21H36O2Si/c1-8-18(19(22)17-15-13-12-14-16-17)20(21(5,6)7)23-24(9-2,10-3)11-4/h12-16,18,20H,8-11H2,1-7H3/t18-,20+/m1/s1. The molecule has 24 heavy (non-hydrogen) atoms.